The van der Waals surface area contributed by atoms with Crippen molar-refractivity contribution < 1.29 is 17.9 Å². The average Bonchev–Trinajstić information content (AvgIpc) is 2.39. The van der Waals surface area contributed by atoms with Crippen LogP contribution in [-0.4, -0.2) is 12.9 Å². The maximum Gasteiger partial charge on any atom is 0.573 e. The minimum absolute atomic E-state index is 0.131. The second kappa shape index (κ2) is 4.33. The van der Waals surface area contributed by atoms with Crippen molar-refractivity contribution in [3.05, 3.63) is 29.3 Å². The largest absolute Gasteiger partial charge is 0.573 e. The summed E-state index contributed by atoms with van der Waals surface area (Å²) in [6.07, 6.45) is -2.89. The van der Waals surface area contributed by atoms with Gasteiger partial charge >= 0.3 is 6.36 Å². The molecule has 1 N–H and O–H groups in total. The molecule has 0 aliphatic carbocycles. The molecule has 1 aromatic rings. The molecule has 0 fully saturated rings. The minimum Gasteiger partial charge on any atom is -0.406 e. The summed E-state index contributed by atoms with van der Waals surface area (Å²) in [6.45, 7) is 1.60. The molecule has 0 atom stereocenters. The summed E-state index contributed by atoms with van der Waals surface area (Å²) < 4.78 is 39.9. The van der Waals surface area contributed by atoms with Crippen molar-refractivity contribution in [3.8, 4) is 5.75 Å². The highest BCUT2D eigenvalue weighted by atomic mass is 19.4. The normalized spacial score (nSPS) is 16.4. The fourth-order valence-corrected chi connectivity index (χ4v) is 1.83. The molecule has 0 unspecified atom stereocenters. The molecule has 1 aromatic carbocycles. The van der Waals surface area contributed by atoms with Gasteiger partial charge in [-0.25, -0.2) is 0 Å². The van der Waals surface area contributed by atoms with Crippen molar-refractivity contribution >= 4 is 0 Å². The van der Waals surface area contributed by atoms with Gasteiger partial charge in [-0.05, 0) is 42.6 Å². The fraction of sp³-hybridized carbons (Fsp3) is 0.455. The topological polar surface area (TPSA) is 21.3 Å². The van der Waals surface area contributed by atoms with Gasteiger partial charge in [-0.2, -0.15) is 0 Å². The van der Waals surface area contributed by atoms with Crippen molar-refractivity contribution in [1.82, 2.24) is 5.32 Å². The van der Waals surface area contributed by atoms with E-state index in [2.05, 4.69) is 10.1 Å². The Morgan fingerprint density at radius 3 is 2.75 bits per heavy atom. The van der Waals surface area contributed by atoms with Crippen LogP contribution >= 0.6 is 0 Å². The maximum atomic E-state index is 12.0. The highest BCUT2D eigenvalue weighted by Crippen LogP contribution is 2.26. The Bertz CT molecular complexity index is 376. The first-order chi connectivity index (χ1) is 7.54. The molecule has 16 heavy (non-hydrogen) atoms. The summed E-state index contributed by atoms with van der Waals surface area (Å²) in [6, 6.07) is 4.53. The third kappa shape index (κ3) is 2.88. The number of ether oxygens (including phenoxy) is 1. The standard InChI is InChI=1S/C11H12F3NO/c12-11(13,14)16-10-4-3-9-7-15-5-1-2-8(9)6-10/h3-4,6,15H,1-2,5,7H2. The lowest BCUT2D eigenvalue weighted by Crippen LogP contribution is -2.17. The molecule has 2 rings (SSSR count). The molecule has 0 spiro atoms. The molecular weight excluding hydrogens is 219 g/mol. The van der Waals surface area contributed by atoms with Crippen LogP contribution < -0.4 is 10.1 Å². The number of fused-ring (bicyclic) bond motifs is 1. The number of nitrogens with one attached hydrogen (secondary N) is 1. The zero-order valence-corrected chi connectivity index (χ0v) is 8.60. The number of halogens is 3. The Morgan fingerprint density at radius 2 is 2.00 bits per heavy atom. The van der Waals surface area contributed by atoms with Crippen molar-refractivity contribution in [2.75, 3.05) is 6.54 Å². The van der Waals surface area contributed by atoms with E-state index in [1.165, 1.54) is 12.1 Å². The van der Waals surface area contributed by atoms with Crippen molar-refractivity contribution in [1.29, 1.82) is 0 Å². The van der Waals surface area contributed by atoms with Gasteiger partial charge in [-0.1, -0.05) is 6.07 Å². The fourth-order valence-electron chi connectivity index (χ4n) is 1.83. The Labute approximate surface area is 91.4 Å². The summed E-state index contributed by atoms with van der Waals surface area (Å²) in [5.74, 6) is -0.131. The van der Waals surface area contributed by atoms with E-state index in [1.807, 2.05) is 0 Å². The van der Waals surface area contributed by atoms with E-state index in [4.69, 9.17) is 0 Å². The maximum absolute atomic E-state index is 12.0. The second-order valence-corrected chi connectivity index (χ2v) is 3.76. The van der Waals surface area contributed by atoms with Crippen LogP contribution in [-0.2, 0) is 13.0 Å². The van der Waals surface area contributed by atoms with Gasteiger partial charge in [0.25, 0.3) is 0 Å². The second-order valence-electron chi connectivity index (χ2n) is 3.76. The third-order valence-corrected chi connectivity index (χ3v) is 2.53. The van der Waals surface area contributed by atoms with Gasteiger partial charge in [-0.3, -0.25) is 0 Å². The molecule has 1 aliphatic heterocycles. The van der Waals surface area contributed by atoms with Gasteiger partial charge in [0, 0.05) is 6.54 Å². The highest BCUT2D eigenvalue weighted by molar-refractivity contribution is 5.36. The molecule has 2 nitrogen and oxygen atoms in total. The van der Waals surface area contributed by atoms with Crippen LogP contribution in [0.1, 0.15) is 17.5 Å². The van der Waals surface area contributed by atoms with E-state index in [-0.39, 0.29) is 5.75 Å². The number of alkyl halides is 3. The molecule has 1 heterocycles. The number of rotatable bonds is 1. The molecule has 0 saturated carbocycles. The molecule has 5 heteroatoms. The Morgan fingerprint density at radius 1 is 1.19 bits per heavy atom. The van der Waals surface area contributed by atoms with E-state index >= 15 is 0 Å². The van der Waals surface area contributed by atoms with E-state index in [9.17, 15) is 13.2 Å². The van der Waals surface area contributed by atoms with Gasteiger partial charge in [0.1, 0.15) is 5.75 Å². The monoisotopic (exact) mass is 231 g/mol. The van der Waals surface area contributed by atoms with E-state index in [1.54, 1.807) is 6.07 Å². The predicted molar refractivity (Wildman–Crippen MR) is 53.2 cm³/mol. The zero-order chi connectivity index (χ0) is 11.6. The average molecular weight is 231 g/mol. The zero-order valence-electron chi connectivity index (χ0n) is 8.60. The van der Waals surface area contributed by atoms with Gasteiger partial charge in [-0.15, -0.1) is 13.2 Å². The van der Waals surface area contributed by atoms with Crippen molar-refractivity contribution in [2.24, 2.45) is 0 Å². The van der Waals surface area contributed by atoms with Gasteiger partial charge in [0.05, 0.1) is 0 Å². The predicted octanol–water partition coefficient (Wildman–Crippen LogP) is 2.62. The Hall–Kier alpha value is -1.23. The van der Waals surface area contributed by atoms with Crippen LogP contribution in [0, 0.1) is 0 Å². The van der Waals surface area contributed by atoms with Crippen LogP contribution in [0.25, 0.3) is 0 Å². The summed E-state index contributed by atoms with van der Waals surface area (Å²) in [7, 11) is 0. The molecule has 1 aliphatic rings. The van der Waals surface area contributed by atoms with Crippen LogP contribution in [0.4, 0.5) is 13.2 Å². The van der Waals surface area contributed by atoms with Gasteiger partial charge < -0.3 is 10.1 Å². The first-order valence-electron chi connectivity index (χ1n) is 5.13. The van der Waals surface area contributed by atoms with Gasteiger partial charge in [0.2, 0.25) is 0 Å². The summed E-state index contributed by atoms with van der Waals surface area (Å²) in [5, 5.41) is 3.21. The first-order valence-corrected chi connectivity index (χ1v) is 5.13. The van der Waals surface area contributed by atoms with Crippen LogP contribution in [0.15, 0.2) is 18.2 Å². The van der Waals surface area contributed by atoms with E-state index < -0.39 is 6.36 Å². The lowest BCUT2D eigenvalue weighted by molar-refractivity contribution is -0.274. The van der Waals surface area contributed by atoms with Crippen LogP contribution in [0.2, 0.25) is 0 Å². The first kappa shape index (κ1) is 11.3. The molecule has 0 amide bonds. The van der Waals surface area contributed by atoms with Crippen LogP contribution in [0.5, 0.6) is 5.75 Å². The van der Waals surface area contributed by atoms with Crippen molar-refractivity contribution in [2.45, 2.75) is 25.7 Å². The smallest absolute Gasteiger partial charge is 0.406 e. The van der Waals surface area contributed by atoms with E-state index in [0.29, 0.717) is 6.54 Å². The summed E-state index contributed by atoms with van der Waals surface area (Å²) >= 11 is 0. The lowest BCUT2D eigenvalue weighted by Gasteiger charge is -2.11. The lowest BCUT2D eigenvalue weighted by atomic mass is 10.0. The van der Waals surface area contributed by atoms with E-state index in [0.717, 1.165) is 30.5 Å². The quantitative estimate of drug-likeness (QED) is 0.802. The SMILES string of the molecule is FC(F)(F)Oc1ccc2c(c1)CCCNC2. The molecule has 0 radical (unpaired) electrons. The number of aryl methyl sites for hydroxylation is 1. The minimum atomic E-state index is -4.61. The number of benzene rings is 1. The third-order valence-electron chi connectivity index (χ3n) is 2.53. The molecule has 88 valence electrons. The highest BCUT2D eigenvalue weighted by Gasteiger charge is 2.31. The number of hydrogen-bond donors (Lipinski definition) is 1. The molecule has 0 bridgehead atoms. The summed E-state index contributed by atoms with van der Waals surface area (Å²) in [4.78, 5) is 0. The molecule has 0 saturated heterocycles. The molecule has 0 aromatic heterocycles. The number of hydrogen-bond acceptors (Lipinski definition) is 2. The van der Waals surface area contributed by atoms with Gasteiger partial charge in [0.15, 0.2) is 0 Å². The summed E-state index contributed by atoms with van der Waals surface area (Å²) in [5.41, 5.74) is 1.98. The molecular formula is C11H12F3NO. The van der Waals surface area contributed by atoms with Crippen molar-refractivity contribution in [3.63, 3.8) is 0 Å². The Balaban J connectivity index is 2.21. The van der Waals surface area contributed by atoms with Crippen LogP contribution in [0.3, 0.4) is 0 Å². The Kier molecular flexibility index (Phi) is 3.05.